The highest BCUT2D eigenvalue weighted by molar-refractivity contribution is 6.18. The van der Waals surface area contributed by atoms with Crippen LogP contribution in [-0.4, -0.2) is 37.2 Å². The number of ether oxygens (including phenoxy) is 1. The fourth-order valence-corrected chi connectivity index (χ4v) is 2.92. The van der Waals surface area contributed by atoms with Gasteiger partial charge < -0.3 is 15.0 Å². The van der Waals surface area contributed by atoms with Crippen LogP contribution in [0.2, 0.25) is 0 Å². The van der Waals surface area contributed by atoms with Gasteiger partial charge in [0.1, 0.15) is 0 Å². The van der Waals surface area contributed by atoms with E-state index in [-0.39, 0.29) is 17.5 Å². The van der Waals surface area contributed by atoms with Crippen LogP contribution in [0, 0.1) is 0 Å². The van der Waals surface area contributed by atoms with Crippen molar-refractivity contribution in [2.24, 2.45) is 4.99 Å². The second-order valence-electron chi connectivity index (χ2n) is 6.30. The number of amides is 1. The summed E-state index contributed by atoms with van der Waals surface area (Å²) in [4.78, 5) is 29.6. The first-order valence-electron chi connectivity index (χ1n) is 8.74. The molecule has 1 amide bonds. The summed E-state index contributed by atoms with van der Waals surface area (Å²) in [5.41, 5.74) is 3.45. The molecule has 1 aliphatic heterocycles. The molecule has 0 bridgehead atoms. The number of nitrogens with one attached hydrogen (secondary N) is 1. The van der Waals surface area contributed by atoms with Crippen LogP contribution in [0.15, 0.2) is 59.2 Å². The topological polar surface area (TPSA) is 71.0 Å². The van der Waals surface area contributed by atoms with E-state index in [4.69, 9.17) is 16.3 Å². The molecule has 0 fully saturated rings. The maximum Gasteiger partial charge on any atom is 0.363 e. The minimum absolute atomic E-state index is 0.150. The van der Waals surface area contributed by atoms with Crippen LogP contribution in [0.1, 0.15) is 18.1 Å². The van der Waals surface area contributed by atoms with Gasteiger partial charge in [-0.1, -0.05) is 12.1 Å². The smallest absolute Gasteiger partial charge is 0.363 e. The number of halogens is 1. The Morgan fingerprint density at radius 1 is 1.18 bits per heavy atom. The molecule has 0 radical (unpaired) electrons. The summed E-state index contributed by atoms with van der Waals surface area (Å²) in [5.74, 6) is 0.146. The summed E-state index contributed by atoms with van der Waals surface area (Å²) >= 11 is 5.77. The van der Waals surface area contributed by atoms with Gasteiger partial charge in [-0.25, -0.2) is 9.79 Å². The Hall–Kier alpha value is -3.12. The third kappa shape index (κ3) is 4.78. The summed E-state index contributed by atoms with van der Waals surface area (Å²) < 4.78 is 5.28. The average molecular weight is 398 g/mol. The number of nitrogens with zero attached hydrogens (tertiary/aromatic N) is 2. The number of carbonyl (C=O) groups excluding carboxylic acids is 2. The van der Waals surface area contributed by atoms with E-state index in [2.05, 4.69) is 15.2 Å². The fraction of sp³-hybridized carbons (Fsp3) is 0.190. The molecule has 0 unspecified atom stereocenters. The molecular formula is C21H20ClN3O3. The van der Waals surface area contributed by atoms with Crippen molar-refractivity contribution < 1.29 is 14.3 Å². The Morgan fingerprint density at radius 3 is 2.46 bits per heavy atom. The van der Waals surface area contributed by atoms with Crippen molar-refractivity contribution >= 4 is 46.8 Å². The largest absolute Gasteiger partial charge is 0.402 e. The first-order valence-corrected chi connectivity index (χ1v) is 9.27. The molecule has 0 spiro atoms. The van der Waals surface area contributed by atoms with Crippen molar-refractivity contribution in [3.63, 3.8) is 0 Å². The van der Waals surface area contributed by atoms with Gasteiger partial charge >= 0.3 is 5.97 Å². The lowest BCUT2D eigenvalue weighted by molar-refractivity contribution is -0.129. The zero-order chi connectivity index (χ0) is 20.1. The summed E-state index contributed by atoms with van der Waals surface area (Å²) in [6.07, 6.45) is 1.69. The normalized spacial score (nSPS) is 14.6. The zero-order valence-electron chi connectivity index (χ0n) is 15.6. The molecular weight excluding hydrogens is 378 g/mol. The van der Waals surface area contributed by atoms with Gasteiger partial charge in [-0.2, -0.15) is 0 Å². The number of esters is 1. The monoisotopic (exact) mass is 397 g/mol. The van der Waals surface area contributed by atoms with Crippen LogP contribution in [0.5, 0.6) is 0 Å². The van der Waals surface area contributed by atoms with Crippen molar-refractivity contribution in [1.82, 2.24) is 0 Å². The summed E-state index contributed by atoms with van der Waals surface area (Å²) in [5, 5.41) is 2.68. The van der Waals surface area contributed by atoms with Gasteiger partial charge in [0.15, 0.2) is 5.70 Å². The second kappa shape index (κ2) is 8.71. The highest BCUT2D eigenvalue weighted by Crippen LogP contribution is 2.21. The zero-order valence-corrected chi connectivity index (χ0v) is 16.4. The molecule has 6 nitrogen and oxygen atoms in total. The predicted molar refractivity (Wildman–Crippen MR) is 112 cm³/mol. The maximum atomic E-state index is 12.2. The van der Waals surface area contributed by atoms with Crippen molar-refractivity contribution in [3.05, 3.63) is 65.4 Å². The SMILES string of the molecule is CC(=O)Nc1ccc(C2=N/C(=C/c3ccc(N(C)CCCl)cc3)C(=O)O2)cc1. The van der Waals surface area contributed by atoms with Crippen LogP contribution in [0.4, 0.5) is 11.4 Å². The molecule has 2 aromatic carbocycles. The standard InChI is InChI=1S/C21H20ClN3O3/c1-14(26)23-17-7-5-16(6-8-17)20-24-19(21(27)28-20)13-15-3-9-18(10-4-15)25(2)12-11-22/h3-10,13H,11-12H2,1-2H3,(H,23,26)/b19-13+. The molecule has 0 aliphatic carbocycles. The van der Waals surface area contributed by atoms with Gasteiger partial charge in [0.05, 0.1) is 0 Å². The van der Waals surface area contributed by atoms with E-state index in [0.29, 0.717) is 17.1 Å². The number of cyclic esters (lactones) is 1. The second-order valence-corrected chi connectivity index (χ2v) is 6.67. The molecule has 0 atom stereocenters. The highest BCUT2D eigenvalue weighted by atomic mass is 35.5. The third-order valence-electron chi connectivity index (χ3n) is 4.13. The van der Waals surface area contributed by atoms with E-state index in [1.54, 1.807) is 30.3 Å². The Balaban J connectivity index is 1.76. The molecule has 0 aromatic heterocycles. The molecule has 1 N–H and O–H groups in total. The Morgan fingerprint density at radius 2 is 1.86 bits per heavy atom. The highest BCUT2D eigenvalue weighted by Gasteiger charge is 2.24. The van der Waals surface area contributed by atoms with Gasteiger partial charge in [0.2, 0.25) is 11.8 Å². The van der Waals surface area contributed by atoms with Gasteiger partial charge in [0, 0.05) is 43.3 Å². The number of hydrogen-bond acceptors (Lipinski definition) is 5. The molecule has 28 heavy (non-hydrogen) atoms. The lowest BCUT2D eigenvalue weighted by Gasteiger charge is -2.17. The predicted octanol–water partition coefficient (Wildman–Crippen LogP) is 3.66. The van der Waals surface area contributed by atoms with Crippen LogP contribution in [-0.2, 0) is 14.3 Å². The first-order chi connectivity index (χ1) is 13.5. The van der Waals surface area contributed by atoms with Crippen molar-refractivity contribution in [2.45, 2.75) is 6.92 Å². The van der Waals surface area contributed by atoms with E-state index < -0.39 is 5.97 Å². The van der Waals surface area contributed by atoms with Crippen LogP contribution < -0.4 is 10.2 Å². The van der Waals surface area contributed by atoms with E-state index in [1.807, 2.05) is 31.3 Å². The third-order valence-corrected chi connectivity index (χ3v) is 4.30. The summed E-state index contributed by atoms with van der Waals surface area (Å²) in [7, 11) is 1.97. The van der Waals surface area contributed by atoms with Gasteiger partial charge in [-0.05, 0) is 48.0 Å². The lowest BCUT2D eigenvalue weighted by atomic mass is 10.1. The van der Waals surface area contributed by atoms with Crippen molar-refractivity contribution in [2.75, 3.05) is 29.7 Å². The molecule has 3 rings (SSSR count). The average Bonchev–Trinajstić information content (AvgIpc) is 3.03. The Bertz CT molecular complexity index is 934. The molecule has 0 saturated heterocycles. The first kappa shape index (κ1) is 19.6. The molecule has 7 heteroatoms. The lowest BCUT2D eigenvalue weighted by Crippen LogP contribution is -2.19. The Kier molecular flexibility index (Phi) is 6.11. The number of benzene rings is 2. The number of anilines is 2. The van der Waals surface area contributed by atoms with Gasteiger partial charge in [0.25, 0.3) is 0 Å². The number of rotatable bonds is 6. The minimum atomic E-state index is -0.496. The molecule has 2 aromatic rings. The van der Waals surface area contributed by atoms with Gasteiger partial charge in [-0.15, -0.1) is 11.6 Å². The minimum Gasteiger partial charge on any atom is -0.402 e. The quantitative estimate of drug-likeness (QED) is 0.458. The number of alkyl halides is 1. The molecule has 1 heterocycles. The number of aliphatic imine (C=N–C) groups is 1. The fourth-order valence-electron chi connectivity index (χ4n) is 2.67. The van der Waals surface area contributed by atoms with Crippen molar-refractivity contribution in [3.8, 4) is 0 Å². The van der Waals surface area contributed by atoms with E-state index in [9.17, 15) is 9.59 Å². The van der Waals surface area contributed by atoms with E-state index in [0.717, 1.165) is 17.8 Å². The Labute approximate surface area is 168 Å². The molecule has 0 saturated carbocycles. The van der Waals surface area contributed by atoms with Gasteiger partial charge in [-0.3, -0.25) is 4.79 Å². The summed E-state index contributed by atoms with van der Waals surface area (Å²) in [6, 6.07) is 14.7. The molecule has 144 valence electrons. The maximum absolute atomic E-state index is 12.2. The van der Waals surface area contributed by atoms with Crippen LogP contribution in [0.3, 0.4) is 0 Å². The summed E-state index contributed by atoms with van der Waals surface area (Å²) in [6.45, 7) is 2.19. The van der Waals surface area contributed by atoms with Crippen molar-refractivity contribution in [1.29, 1.82) is 0 Å². The van der Waals surface area contributed by atoms with Crippen LogP contribution >= 0.6 is 11.6 Å². The number of hydrogen-bond donors (Lipinski definition) is 1. The van der Waals surface area contributed by atoms with E-state index >= 15 is 0 Å². The van der Waals surface area contributed by atoms with Crippen LogP contribution in [0.25, 0.3) is 6.08 Å². The number of carbonyl (C=O) groups is 2. The molecule has 1 aliphatic rings. The van der Waals surface area contributed by atoms with E-state index in [1.165, 1.54) is 6.92 Å².